The summed E-state index contributed by atoms with van der Waals surface area (Å²) < 4.78 is 0. The van der Waals surface area contributed by atoms with E-state index in [0.29, 0.717) is 6.42 Å². The van der Waals surface area contributed by atoms with Crippen LogP contribution in [0.5, 0.6) is 0 Å². The van der Waals surface area contributed by atoms with E-state index in [-0.39, 0.29) is 5.91 Å². The molecule has 0 N–H and O–H groups in total. The van der Waals surface area contributed by atoms with Crippen LogP contribution >= 0.6 is 23.1 Å². The SMILES string of the molecule is Cc1ccc(SCCC(=O)N2CCN(c3nccs3)CC2)cc1C. The highest BCUT2D eigenvalue weighted by Crippen LogP contribution is 2.23. The van der Waals surface area contributed by atoms with E-state index in [1.165, 1.54) is 16.0 Å². The van der Waals surface area contributed by atoms with Crippen molar-refractivity contribution in [3.63, 3.8) is 0 Å². The molecule has 0 saturated carbocycles. The Morgan fingerprint density at radius 3 is 2.67 bits per heavy atom. The average Bonchev–Trinajstić information content (AvgIpc) is 3.13. The molecule has 1 aliphatic heterocycles. The van der Waals surface area contributed by atoms with Crippen LogP contribution in [0.25, 0.3) is 0 Å². The summed E-state index contributed by atoms with van der Waals surface area (Å²) in [6.07, 6.45) is 2.44. The third kappa shape index (κ3) is 4.30. The zero-order chi connectivity index (χ0) is 16.9. The second-order valence-corrected chi connectivity index (χ2v) is 8.07. The number of nitrogens with zero attached hydrogens (tertiary/aromatic N) is 3. The van der Waals surface area contributed by atoms with E-state index in [1.807, 2.05) is 16.5 Å². The van der Waals surface area contributed by atoms with E-state index in [4.69, 9.17) is 0 Å². The van der Waals surface area contributed by atoms with Crippen LogP contribution in [0, 0.1) is 13.8 Å². The van der Waals surface area contributed by atoms with Gasteiger partial charge >= 0.3 is 0 Å². The molecule has 0 bridgehead atoms. The summed E-state index contributed by atoms with van der Waals surface area (Å²) in [4.78, 5) is 22.2. The van der Waals surface area contributed by atoms with E-state index in [2.05, 4.69) is 41.9 Å². The van der Waals surface area contributed by atoms with Gasteiger partial charge in [-0.05, 0) is 37.1 Å². The molecule has 128 valence electrons. The van der Waals surface area contributed by atoms with E-state index in [0.717, 1.165) is 37.1 Å². The van der Waals surface area contributed by atoms with Crippen molar-refractivity contribution in [1.29, 1.82) is 0 Å². The fourth-order valence-electron chi connectivity index (χ4n) is 2.74. The summed E-state index contributed by atoms with van der Waals surface area (Å²) >= 11 is 3.43. The standard InChI is InChI=1S/C18H23N3OS2/c1-14-3-4-16(13-15(14)2)23-11-5-17(22)20-7-9-21(10-8-20)18-19-6-12-24-18/h3-4,6,12-13H,5,7-11H2,1-2H3. The van der Waals surface area contributed by atoms with Gasteiger partial charge in [-0.2, -0.15) is 0 Å². The van der Waals surface area contributed by atoms with Crippen LogP contribution in [0.4, 0.5) is 5.13 Å². The van der Waals surface area contributed by atoms with Gasteiger partial charge in [0.25, 0.3) is 0 Å². The van der Waals surface area contributed by atoms with Gasteiger partial charge in [0.15, 0.2) is 5.13 Å². The largest absolute Gasteiger partial charge is 0.345 e. The first-order chi connectivity index (χ1) is 11.6. The lowest BCUT2D eigenvalue weighted by atomic mass is 10.1. The molecule has 0 radical (unpaired) electrons. The predicted molar refractivity (Wildman–Crippen MR) is 102 cm³/mol. The normalized spacial score (nSPS) is 14.9. The molecule has 0 atom stereocenters. The minimum Gasteiger partial charge on any atom is -0.345 e. The molecule has 1 aromatic carbocycles. The molecule has 4 nitrogen and oxygen atoms in total. The topological polar surface area (TPSA) is 36.4 Å². The molecular weight excluding hydrogens is 338 g/mol. The second kappa shape index (κ2) is 8.03. The maximum absolute atomic E-state index is 12.4. The molecule has 0 aliphatic carbocycles. The average molecular weight is 362 g/mol. The number of hydrogen-bond donors (Lipinski definition) is 0. The van der Waals surface area contributed by atoms with E-state index in [1.54, 1.807) is 23.1 Å². The number of thioether (sulfide) groups is 1. The van der Waals surface area contributed by atoms with Crippen molar-refractivity contribution in [1.82, 2.24) is 9.88 Å². The van der Waals surface area contributed by atoms with Crippen molar-refractivity contribution >= 4 is 34.1 Å². The van der Waals surface area contributed by atoms with Crippen molar-refractivity contribution in [3.8, 4) is 0 Å². The lowest BCUT2D eigenvalue weighted by molar-refractivity contribution is -0.131. The van der Waals surface area contributed by atoms with Crippen LogP contribution in [-0.4, -0.2) is 47.7 Å². The van der Waals surface area contributed by atoms with Crippen LogP contribution in [0.15, 0.2) is 34.7 Å². The molecular formula is C18H23N3OS2. The van der Waals surface area contributed by atoms with Gasteiger partial charge in [-0.25, -0.2) is 4.98 Å². The monoisotopic (exact) mass is 361 g/mol. The number of thiazole rings is 1. The molecule has 0 unspecified atom stereocenters. The third-order valence-corrected chi connectivity index (χ3v) is 6.21. The minimum absolute atomic E-state index is 0.269. The molecule has 1 fully saturated rings. The molecule has 1 amide bonds. The number of anilines is 1. The lowest BCUT2D eigenvalue weighted by Gasteiger charge is -2.34. The van der Waals surface area contributed by atoms with Gasteiger partial charge in [0.1, 0.15) is 0 Å². The molecule has 1 saturated heterocycles. The van der Waals surface area contributed by atoms with Crippen molar-refractivity contribution in [2.45, 2.75) is 25.2 Å². The number of piperazine rings is 1. The Balaban J connectivity index is 1.42. The van der Waals surface area contributed by atoms with Gasteiger partial charge in [0.2, 0.25) is 5.91 Å². The molecule has 0 spiro atoms. The van der Waals surface area contributed by atoms with Crippen LogP contribution in [0.2, 0.25) is 0 Å². The summed E-state index contributed by atoms with van der Waals surface area (Å²) in [6, 6.07) is 6.50. The first-order valence-electron chi connectivity index (χ1n) is 8.26. The highest BCUT2D eigenvalue weighted by atomic mass is 32.2. The van der Waals surface area contributed by atoms with Gasteiger partial charge in [-0.1, -0.05) is 6.07 Å². The van der Waals surface area contributed by atoms with Crippen molar-refractivity contribution in [3.05, 3.63) is 40.9 Å². The molecule has 24 heavy (non-hydrogen) atoms. The number of hydrogen-bond acceptors (Lipinski definition) is 5. The number of aromatic nitrogens is 1. The van der Waals surface area contributed by atoms with Crippen molar-refractivity contribution in [2.24, 2.45) is 0 Å². The van der Waals surface area contributed by atoms with Gasteiger partial charge in [0.05, 0.1) is 0 Å². The summed E-state index contributed by atoms with van der Waals surface area (Å²) in [5, 5.41) is 3.06. The predicted octanol–water partition coefficient (Wildman–Crippen LogP) is 3.59. The van der Waals surface area contributed by atoms with Gasteiger partial charge in [-0.15, -0.1) is 23.1 Å². The van der Waals surface area contributed by atoms with Crippen LogP contribution in [0.1, 0.15) is 17.5 Å². The van der Waals surface area contributed by atoms with Crippen molar-refractivity contribution in [2.75, 3.05) is 36.8 Å². The number of amides is 1. The Kier molecular flexibility index (Phi) is 5.79. The third-order valence-electron chi connectivity index (χ3n) is 4.39. The molecule has 2 aromatic rings. The maximum Gasteiger partial charge on any atom is 0.223 e. The summed E-state index contributed by atoms with van der Waals surface area (Å²) in [6.45, 7) is 7.61. The first kappa shape index (κ1) is 17.3. The molecule has 2 heterocycles. The van der Waals surface area contributed by atoms with Crippen LogP contribution in [-0.2, 0) is 4.79 Å². The van der Waals surface area contributed by atoms with Crippen LogP contribution in [0.3, 0.4) is 0 Å². The number of carbonyl (C=O) groups excluding carboxylic acids is 1. The summed E-state index contributed by atoms with van der Waals surface area (Å²) in [5.41, 5.74) is 2.62. The Bertz CT molecular complexity index is 680. The molecule has 1 aromatic heterocycles. The molecule has 3 rings (SSSR count). The first-order valence-corrected chi connectivity index (χ1v) is 10.1. The fourth-order valence-corrected chi connectivity index (χ4v) is 4.37. The highest BCUT2D eigenvalue weighted by molar-refractivity contribution is 7.99. The highest BCUT2D eigenvalue weighted by Gasteiger charge is 2.21. The Morgan fingerprint density at radius 1 is 1.21 bits per heavy atom. The number of carbonyl (C=O) groups is 1. The van der Waals surface area contributed by atoms with E-state index in [9.17, 15) is 4.79 Å². The van der Waals surface area contributed by atoms with E-state index >= 15 is 0 Å². The number of aryl methyl sites for hydroxylation is 2. The van der Waals surface area contributed by atoms with Gasteiger partial charge < -0.3 is 9.80 Å². The second-order valence-electron chi connectivity index (χ2n) is 6.03. The number of benzene rings is 1. The maximum atomic E-state index is 12.4. The summed E-state index contributed by atoms with van der Waals surface area (Å²) in [5.74, 6) is 1.11. The Morgan fingerprint density at radius 2 is 2.00 bits per heavy atom. The van der Waals surface area contributed by atoms with Crippen molar-refractivity contribution < 1.29 is 4.79 Å². The van der Waals surface area contributed by atoms with Gasteiger partial charge in [-0.3, -0.25) is 4.79 Å². The minimum atomic E-state index is 0.269. The fraction of sp³-hybridized carbons (Fsp3) is 0.444. The zero-order valence-corrected chi connectivity index (χ0v) is 15.8. The lowest BCUT2D eigenvalue weighted by Crippen LogP contribution is -2.48. The Hall–Kier alpha value is -1.53. The summed E-state index contributed by atoms with van der Waals surface area (Å²) in [7, 11) is 0. The molecule has 1 aliphatic rings. The molecule has 6 heteroatoms. The number of rotatable bonds is 5. The Labute approximate surface area is 151 Å². The zero-order valence-electron chi connectivity index (χ0n) is 14.2. The quantitative estimate of drug-likeness (QED) is 0.763. The smallest absolute Gasteiger partial charge is 0.223 e. The van der Waals surface area contributed by atoms with Crippen LogP contribution < -0.4 is 4.90 Å². The van der Waals surface area contributed by atoms with Gasteiger partial charge in [0, 0.05) is 54.8 Å². The van der Waals surface area contributed by atoms with E-state index < -0.39 is 0 Å².